The van der Waals surface area contributed by atoms with Gasteiger partial charge < -0.3 is 0 Å². The SMILES string of the molecule is CCCCS(=CC#N)CCCC. The third-order valence-corrected chi connectivity index (χ3v) is 3.80. The van der Waals surface area contributed by atoms with E-state index in [0.29, 0.717) is 0 Å². The first-order valence-electron chi connectivity index (χ1n) is 4.74. The van der Waals surface area contributed by atoms with Gasteiger partial charge >= 0.3 is 0 Å². The van der Waals surface area contributed by atoms with Gasteiger partial charge in [0.05, 0.1) is 6.07 Å². The molecule has 0 aliphatic heterocycles. The van der Waals surface area contributed by atoms with Crippen molar-refractivity contribution in [2.45, 2.75) is 39.5 Å². The first kappa shape index (κ1) is 11.7. The van der Waals surface area contributed by atoms with Crippen molar-refractivity contribution in [2.24, 2.45) is 0 Å². The lowest BCUT2D eigenvalue weighted by Crippen LogP contribution is -1.89. The molecule has 0 amide bonds. The van der Waals surface area contributed by atoms with Crippen molar-refractivity contribution < 1.29 is 0 Å². The second kappa shape index (κ2) is 8.80. The summed E-state index contributed by atoms with van der Waals surface area (Å²) < 4.78 is 0. The molecule has 0 N–H and O–H groups in total. The number of nitriles is 1. The molecule has 0 rings (SSSR count). The van der Waals surface area contributed by atoms with Crippen LogP contribution in [-0.4, -0.2) is 16.9 Å². The van der Waals surface area contributed by atoms with E-state index in [1.165, 1.54) is 37.2 Å². The van der Waals surface area contributed by atoms with Gasteiger partial charge in [0.15, 0.2) is 0 Å². The van der Waals surface area contributed by atoms with Crippen LogP contribution in [-0.2, 0) is 0 Å². The van der Waals surface area contributed by atoms with Gasteiger partial charge in [-0.15, -0.1) is 0 Å². The fourth-order valence-electron chi connectivity index (χ4n) is 0.954. The van der Waals surface area contributed by atoms with E-state index >= 15 is 0 Å². The van der Waals surface area contributed by atoms with E-state index in [0.717, 1.165) is 0 Å². The number of rotatable bonds is 6. The van der Waals surface area contributed by atoms with Crippen LogP contribution in [0.25, 0.3) is 0 Å². The lowest BCUT2D eigenvalue weighted by atomic mass is 10.4. The standard InChI is InChI=1S/C10H19NS/c1-3-5-8-12(10-7-11)9-6-4-2/h10H,3-6,8-9H2,1-2H3. The zero-order valence-electron chi connectivity index (χ0n) is 8.18. The van der Waals surface area contributed by atoms with Crippen molar-refractivity contribution in [3.8, 4) is 6.07 Å². The molecule has 0 unspecified atom stereocenters. The Morgan fingerprint density at radius 2 is 1.67 bits per heavy atom. The number of nitrogens with zero attached hydrogens (tertiary/aromatic N) is 1. The number of unbranched alkanes of at least 4 members (excludes halogenated alkanes) is 2. The van der Waals surface area contributed by atoms with E-state index in [9.17, 15) is 0 Å². The number of hydrogen-bond acceptors (Lipinski definition) is 1. The van der Waals surface area contributed by atoms with Crippen LogP contribution in [0.3, 0.4) is 0 Å². The molecule has 1 nitrogen and oxygen atoms in total. The van der Waals surface area contributed by atoms with Gasteiger partial charge in [-0.1, -0.05) is 26.7 Å². The zero-order valence-corrected chi connectivity index (χ0v) is 8.99. The molecule has 0 fully saturated rings. The Labute approximate surface area is 78.7 Å². The molecule has 12 heavy (non-hydrogen) atoms. The minimum Gasteiger partial charge on any atom is -0.193 e. The Hall–Kier alpha value is -0.290. The van der Waals surface area contributed by atoms with Crippen LogP contribution < -0.4 is 0 Å². The lowest BCUT2D eigenvalue weighted by Gasteiger charge is -2.05. The molecule has 0 saturated heterocycles. The fourth-order valence-corrected chi connectivity index (χ4v) is 2.86. The minimum atomic E-state index is 0.290. The van der Waals surface area contributed by atoms with Crippen LogP contribution in [0.1, 0.15) is 39.5 Å². The Morgan fingerprint density at radius 1 is 1.17 bits per heavy atom. The summed E-state index contributed by atoms with van der Waals surface area (Å²) in [6.45, 7) is 4.40. The molecule has 0 spiro atoms. The van der Waals surface area contributed by atoms with Crippen molar-refractivity contribution in [3.05, 3.63) is 0 Å². The number of hydrogen-bond donors (Lipinski definition) is 0. The summed E-state index contributed by atoms with van der Waals surface area (Å²) in [6.07, 6.45) is 5.03. The predicted octanol–water partition coefficient (Wildman–Crippen LogP) is 3.18. The Morgan fingerprint density at radius 3 is 2.00 bits per heavy atom. The Kier molecular flexibility index (Phi) is 8.59. The van der Waals surface area contributed by atoms with Gasteiger partial charge in [-0.25, -0.2) is 0 Å². The summed E-state index contributed by atoms with van der Waals surface area (Å²) in [4.78, 5) is 0. The van der Waals surface area contributed by atoms with E-state index in [1.807, 2.05) is 5.37 Å². The Balaban J connectivity index is 3.72. The van der Waals surface area contributed by atoms with Crippen LogP contribution in [0.2, 0.25) is 0 Å². The predicted molar refractivity (Wildman–Crippen MR) is 58.8 cm³/mol. The van der Waals surface area contributed by atoms with E-state index in [1.54, 1.807) is 0 Å². The van der Waals surface area contributed by atoms with Crippen molar-refractivity contribution in [3.63, 3.8) is 0 Å². The molecule has 0 aliphatic carbocycles. The van der Waals surface area contributed by atoms with E-state index < -0.39 is 0 Å². The van der Waals surface area contributed by atoms with Gasteiger partial charge in [0, 0.05) is 5.37 Å². The molecule has 0 saturated carbocycles. The normalized spacial score (nSPS) is 9.83. The van der Waals surface area contributed by atoms with Gasteiger partial charge in [0.25, 0.3) is 0 Å². The van der Waals surface area contributed by atoms with E-state index in [4.69, 9.17) is 5.26 Å². The fraction of sp³-hybridized carbons (Fsp3) is 0.800. The van der Waals surface area contributed by atoms with Gasteiger partial charge in [0.1, 0.15) is 0 Å². The summed E-state index contributed by atoms with van der Waals surface area (Å²) in [5, 5.41) is 10.4. The largest absolute Gasteiger partial charge is 0.193 e. The summed E-state index contributed by atoms with van der Waals surface area (Å²) in [5.41, 5.74) is 0. The van der Waals surface area contributed by atoms with E-state index in [-0.39, 0.29) is 10.5 Å². The highest BCUT2D eigenvalue weighted by Gasteiger charge is 1.93. The minimum absolute atomic E-state index is 0.290. The highest BCUT2D eigenvalue weighted by atomic mass is 32.2. The van der Waals surface area contributed by atoms with Gasteiger partial charge in [-0.3, -0.25) is 0 Å². The summed E-state index contributed by atoms with van der Waals surface area (Å²) in [7, 11) is 0.290. The molecule has 2 heteroatoms. The summed E-state index contributed by atoms with van der Waals surface area (Å²) in [6, 6.07) is 2.17. The average Bonchev–Trinajstić information content (AvgIpc) is 2.10. The first-order valence-corrected chi connectivity index (χ1v) is 6.37. The molecule has 0 aromatic carbocycles. The second-order valence-electron chi connectivity index (χ2n) is 2.90. The van der Waals surface area contributed by atoms with Crippen molar-refractivity contribution in [1.82, 2.24) is 0 Å². The maximum absolute atomic E-state index is 8.54. The molecule has 0 aromatic rings. The molecular formula is C10H19NS. The molecule has 0 heterocycles. The third-order valence-electron chi connectivity index (χ3n) is 1.74. The van der Waals surface area contributed by atoms with E-state index in [2.05, 4.69) is 19.9 Å². The molecule has 0 atom stereocenters. The first-order chi connectivity index (χ1) is 5.85. The maximum atomic E-state index is 8.54. The van der Waals surface area contributed by atoms with Crippen LogP contribution in [0.5, 0.6) is 0 Å². The lowest BCUT2D eigenvalue weighted by molar-refractivity contribution is 0.878. The molecule has 0 aromatic heterocycles. The third kappa shape index (κ3) is 6.42. The monoisotopic (exact) mass is 185 g/mol. The topological polar surface area (TPSA) is 23.8 Å². The average molecular weight is 185 g/mol. The van der Waals surface area contributed by atoms with Crippen molar-refractivity contribution in [2.75, 3.05) is 11.5 Å². The quantitative estimate of drug-likeness (QED) is 0.583. The molecule has 0 radical (unpaired) electrons. The second-order valence-corrected chi connectivity index (χ2v) is 5.03. The summed E-state index contributed by atoms with van der Waals surface area (Å²) in [5.74, 6) is 2.45. The summed E-state index contributed by atoms with van der Waals surface area (Å²) >= 11 is 0. The smallest absolute Gasteiger partial charge is 0.0973 e. The van der Waals surface area contributed by atoms with Crippen LogP contribution in [0.15, 0.2) is 0 Å². The van der Waals surface area contributed by atoms with Gasteiger partial charge in [0.2, 0.25) is 0 Å². The van der Waals surface area contributed by atoms with Gasteiger partial charge in [-0.2, -0.15) is 15.7 Å². The van der Waals surface area contributed by atoms with Crippen molar-refractivity contribution >= 4 is 15.9 Å². The molecule has 70 valence electrons. The zero-order chi connectivity index (χ0) is 9.23. The van der Waals surface area contributed by atoms with Crippen LogP contribution >= 0.6 is 10.5 Å². The maximum Gasteiger partial charge on any atom is 0.0973 e. The van der Waals surface area contributed by atoms with Crippen molar-refractivity contribution in [1.29, 1.82) is 5.26 Å². The molecule has 0 bridgehead atoms. The highest BCUT2D eigenvalue weighted by Crippen LogP contribution is 2.16. The van der Waals surface area contributed by atoms with Gasteiger partial charge in [-0.05, 0) is 24.3 Å². The van der Waals surface area contributed by atoms with Crippen LogP contribution in [0.4, 0.5) is 0 Å². The molecule has 0 aliphatic rings. The Bertz CT molecular complexity index is 157. The highest BCUT2D eigenvalue weighted by molar-refractivity contribution is 8.15. The van der Waals surface area contributed by atoms with Crippen LogP contribution in [0, 0.1) is 11.3 Å². The molecular weight excluding hydrogens is 166 g/mol.